The van der Waals surface area contributed by atoms with Crippen molar-refractivity contribution in [3.63, 3.8) is 0 Å². The van der Waals surface area contributed by atoms with E-state index in [1.807, 2.05) is 30.3 Å². The van der Waals surface area contributed by atoms with Crippen molar-refractivity contribution in [2.24, 2.45) is 11.0 Å². The maximum absolute atomic E-state index is 12.1. The minimum absolute atomic E-state index is 0.0712. The molecule has 0 aliphatic carbocycles. The highest BCUT2D eigenvalue weighted by Crippen LogP contribution is 2.25. The summed E-state index contributed by atoms with van der Waals surface area (Å²) in [5, 5.41) is 6.10. The SMILES string of the molecule is CCC(CC=C(C)C)C1=NN(c2ccccc2)C(=O)C1. The van der Waals surface area contributed by atoms with Crippen LogP contribution in [-0.4, -0.2) is 11.6 Å². The van der Waals surface area contributed by atoms with Gasteiger partial charge in [0, 0.05) is 5.92 Å². The third-order valence-electron chi connectivity index (χ3n) is 3.57. The molecule has 1 aromatic rings. The monoisotopic (exact) mass is 270 g/mol. The van der Waals surface area contributed by atoms with Gasteiger partial charge in [0.1, 0.15) is 0 Å². The molecule has 1 unspecified atom stereocenters. The highest BCUT2D eigenvalue weighted by atomic mass is 16.2. The second-order valence-corrected chi connectivity index (χ2v) is 5.43. The number of para-hydroxylation sites is 1. The van der Waals surface area contributed by atoms with Crippen molar-refractivity contribution in [1.29, 1.82) is 0 Å². The van der Waals surface area contributed by atoms with Crippen molar-refractivity contribution in [3.05, 3.63) is 42.0 Å². The van der Waals surface area contributed by atoms with Gasteiger partial charge >= 0.3 is 0 Å². The van der Waals surface area contributed by atoms with E-state index in [4.69, 9.17) is 0 Å². The molecular formula is C17H22N2O. The van der Waals surface area contributed by atoms with E-state index in [-0.39, 0.29) is 5.91 Å². The van der Waals surface area contributed by atoms with Gasteiger partial charge in [-0.2, -0.15) is 5.10 Å². The third-order valence-corrected chi connectivity index (χ3v) is 3.57. The second kappa shape index (κ2) is 6.51. The van der Waals surface area contributed by atoms with Gasteiger partial charge in [-0.1, -0.05) is 36.8 Å². The highest BCUT2D eigenvalue weighted by molar-refractivity contribution is 6.13. The molecule has 1 heterocycles. The Morgan fingerprint density at radius 3 is 2.65 bits per heavy atom. The van der Waals surface area contributed by atoms with Gasteiger partial charge in [0.25, 0.3) is 5.91 Å². The van der Waals surface area contributed by atoms with E-state index in [1.165, 1.54) is 5.57 Å². The topological polar surface area (TPSA) is 32.7 Å². The molecule has 0 aromatic heterocycles. The average Bonchev–Trinajstić information content (AvgIpc) is 2.82. The standard InChI is InChI=1S/C17H22N2O/c1-4-14(11-10-13(2)3)16-12-17(20)19(18-16)15-8-6-5-7-9-15/h5-10,14H,4,11-12H2,1-3H3. The van der Waals surface area contributed by atoms with Crippen LogP contribution in [0.5, 0.6) is 0 Å². The van der Waals surface area contributed by atoms with Crippen LogP contribution in [0.25, 0.3) is 0 Å². The fourth-order valence-electron chi connectivity index (χ4n) is 2.36. The van der Waals surface area contributed by atoms with Crippen molar-refractivity contribution >= 4 is 17.3 Å². The summed E-state index contributed by atoms with van der Waals surface area (Å²) in [5.74, 6) is 0.435. The molecule has 0 bridgehead atoms. The van der Waals surface area contributed by atoms with Crippen LogP contribution in [0.3, 0.4) is 0 Å². The van der Waals surface area contributed by atoms with E-state index < -0.39 is 0 Å². The number of nitrogens with zero attached hydrogens (tertiary/aromatic N) is 2. The van der Waals surface area contributed by atoms with Crippen molar-refractivity contribution in [2.45, 2.75) is 40.0 Å². The van der Waals surface area contributed by atoms with E-state index in [2.05, 4.69) is 31.9 Å². The Bertz CT molecular complexity index is 527. The molecular weight excluding hydrogens is 248 g/mol. The smallest absolute Gasteiger partial charge is 0.253 e. The third kappa shape index (κ3) is 3.35. The van der Waals surface area contributed by atoms with E-state index in [1.54, 1.807) is 5.01 Å². The first-order valence-electron chi connectivity index (χ1n) is 7.20. The Kier molecular flexibility index (Phi) is 4.72. The number of hydrogen-bond donors (Lipinski definition) is 0. The van der Waals surface area contributed by atoms with Gasteiger partial charge in [-0.15, -0.1) is 0 Å². The molecule has 0 radical (unpaired) electrons. The fourth-order valence-corrected chi connectivity index (χ4v) is 2.36. The Balaban J connectivity index is 2.17. The first-order valence-corrected chi connectivity index (χ1v) is 7.20. The zero-order valence-electron chi connectivity index (χ0n) is 12.5. The number of benzene rings is 1. The van der Waals surface area contributed by atoms with E-state index >= 15 is 0 Å². The predicted octanol–water partition coefficient (Wildman–Crippen LogP) is 4.16. The Hall–Kier alpha value is -1.90. The molecule has 2 rings (SSSR count). The molecule has 20 heavy (non-hydrogen) atoms. The lowest BCUT2D eigenvalue weighted by Crippen LogP contribution is -2.19. The van der Waals surface area contributed by atoms with Crippen molar-refractivity contribution in [2.75, 3.05) is 5.01 Å². The van der Waals surface area contributed by atoms with Crippen LogP contribution < -0.4 is 5.01 Å². The summed E-state index contributed by atoms with van der Waals surface area (Å²) >= 11 is 0. The zero-order valence-corrected chi connectivity index (χ0v) is 12.5. The number of anilines is 1. The molecule has 0 saturated carbocycles. The van der Waals surface area contributed by atoms with Gasteiger partial charge in [0.2, 0.25) is 0 Å². The quantitative estimate of drug-likeness (QED) is 0.739. The summed E-state index contributed by atoms with van der Waals surface area (Å²) < 4.78 is 0. The van der Waals surface area contributed by atoms with Crippen molar-refractivity contribution in [1.82, 2.24) is 0 Å². The van der Waals surface area contributed by atoms with Crippen LogP contribution >= 0.6 is 0 Å². The summed E-state index contributed by atoms with van der Waals surface area (Å²) in [6.45, 7) is 6.36. The highest BCUT2D eigenvalue weighted by Gasteiger charge is 2.28. The van der Waals surface area contributed by atoms with Crippen molar-refractivity contribution in [3.8, 4) is 0 Å². The van der Waals surface area contributed by atoms with Gasteiger partial charge in [-0.25, -0.2) is 5.01 Å². The molecule has 0 N–H and O–H groups in total. The minimum Gasteiger partial charge on any atom is -0.272 e. The molecule has 1 aromatic carbocycles. The summed E-state index contributed by atoms with van der Waals surface area (Å²) in [5.41, 5.74) is 3.18. The van der Waals surface area contributed by atoms with Crippen LogP contribution in [0.1, 0.15) is 40.0 Å². The Labute approximate surface area is 121 Å². The van der Waals surface area contributed by atoms with Crippen LogP contribution in [0.2, 0.25) is 0 Å². The molecule has 1 aliphatic heterocycles. The van der Waals surface area contributed by atoms with Gasteiger partial charge in [-0.05, 0) is 38.8 Å². The molecule has 106 valence electrons. The number of rotatable bonds is 5. The lowest BCUT2D eigenvalue weighted by molar-refractivity contribution is -0.116. The maximum atomic E-state index is 12.1. The van der Waals surface area contributed by atoms with Crippen LogP contribution in [-0.2, 0) is 4.79 Å². The van der Waals surface area contributed by atoms with E-state index in [0.29, 0.717) is 12.3 Å². The minimum atomic E-state index is 0.0712. The van der Waals surface area contributed by atoms with E-state index in [0.717, 1.165) is 24.2 Å². The van der Waals surface area contributed by atoms with Gasteiger partial charge in [0.15, 0.2) is 0 Å². The number of amides is 1. The summed E-state index contributed by atoms with van der Waals surface area (Å²) in [7, 11) is 0. The predicted molar refractivity (Wildman–Crippen MR) is 83.8 cm³/mol. The number of hydrogen-bond acceptors (Lipinski definition) is 2. The summed E-state index contributed by atoms with van der Waals surface area (Å²) in [6, 6.07) is 9.63. The molecule has 0 fully saturated rings. The molecule has 1 atom stereocenters. The molecule has 3 heteroatoms. The second-order valence-electron chi connectivity index (χ2n) is 5.43. The number of hydrazone groups is 1. The average molecular weight is 270 g/mol. The summed E-state index contributed by atoms with van der Waals surface area (Å²) in [4.78, 5) is 12.1. The van der Waals surface area contributed by atoms with Crippen LogP contribution in [0, 0.1) is 5.92 Å². The molecule has 1 aliphatic rings. The lowest BCUT2D eigenvalue weighted by atomic mass is 9.94. The largest absolute Gasteiger partial charge is 0.272 e. The Morgan fingerprint density at radius 1 is 1.35 bits per heavy atom. The molecule has 0 spiro atoms. The van der Waals surface area contributed by atoms with Crippen LogP contribution in [0.15, 0.2) is 47.1 Å². The first-order chi connectivity index (χ1) is 9.61. The molecule has 1 amide bonds. The summed E-state index contributed by atoms with van der Waals surface area (Å²) in [6.07, 6.45) is 4.66. The number of carbonyl (C=O) groups is 1. The molecule has 0 saturated heterocycles. The number of allylic oxidation sites excluding steroid dienone is 2. The maximum Gasteiger partial charge on any atom is 0.253 e. The van der Waals surface area contributed by atoms with Gasteiger partial charge < -0.3 is 0 Å². The Morgan fingerprint density at radius 2 is 2.05 bits per heavy atom. The number of carbonyl (C=O) groups excluding carboxylic acids is 1. The van der Waals surface area contributed by atoms with Crippen molar-refractivity contribution < 1.29 is 4.79 Å². The normalized spacial score (nSPS) is 16.1. The molecule has 3 nitrogen and oxygen atoms in total. The lowest BCUT2D eigenvalue weighted by Gasteiger charge is -2.12. The van der Waals surface area contributed by atoms with Gasteiger partial charge in [-0.3, -0.25) is 4.79 Å². The van der Waals surface area contributed by atoms with E-state index in [9.17, 15) is 4.79 Å². The van der Waals surface area contributed by atoms with Gasteiger partial charge in [0.05, 0.1) is 17.8 Å². The fraction of sp³-hybridized carbons (Fsp3) is 0.412. The zero-order chi connectivity index (χ0) is 14.5. The first kappa shape index (κ1) is 14.5. The van der Waals surface area contributed by atoms with Crippen LogP contribution in [0.4, 0.5) is 5.69 Å².